The van der Waals surface area contributed by atoms with E-state index >= 15 is 0 Å². The number of sulfonamides is 1. The van der Waals surface area contributed by atoms with Crippen molar-refractivity contribution in [1.29, 1.82) is 0 Å². The van der Waals surface area contributed by atoms with E-state index in [9.17, 15) is 16.8 Å². The molecule has 0 aromatic heterocycles. The summed E-state index contributed by atoms with van der Waals surface area (Å²) in [5, 5.41) is 1.16. The van der Waals surface area contributed by atoms with E-state index in [1.807, 2.05) is 30.3 Å². The maximum Gasteiger partial charge on any atom is 0.236 e. The molecule has 0 N–H and O–H groups in total. The molecule has 1 aliphatic heterocycles. The van der Waals surface area contributed by atoms with Gasteiger partial charge in [-0.1, -0.05) is 48.5 Å². The van der Waals surface area contributed by atoms with Crippen molar-refractivity contribution < 1.29 is 16.8 Å². The fourth-order valence-electron chi connectivity index (χ4n) is 3.10. The van der Waals surface area contributed by atoms with Crippen LogP contribution in [0, 0.1) is 0 Å². The largest absolute Gasteiger partial charge is 0.236 e. The van der Waals surface area contributed by atoms with E-state index in [0.717, 1.165) is 11.0 Å². The topological polar surface area (TPSA) is 71.5 Å². The van der Waals surface area contributed by atoms with Crippen LogP contribution in [-0.2, 0) is 19.9 Å². The Hall–Kier alpha value is -1.96. The Kier molecular flexibility index (Phi) is 5.60. The predicted octanol–water partition coefficient (Wildman–Crippen LogP) is 2.93. The summed E-state index contributed by atoms with van der Waals surface area (Å²) in [4.78, 5) is 0.226. The van der Waals surface area contributed by atoms with E-state index < -0.39 is 25.9 Å². The maximum absolute atomic E-state index is 12.7. The van der Waals surface area contributed by atoms with E-state index in [1.54, 1.807) is 30.3 Å². The van der Waals surface area contributed by atoms with Crippen molar-refractivity contribution in [2.75, 3.05) is 12.3 Å². The van der Waals surface area contributed by atoms with E-state index in [4.69, 9.17) is 0 Å². The van der Waals surface area contributed by atoms with E-state index in [0.29, 0.717) is 19.4 Å². The first-order valence-electron chi connectivity index (χ1n) is 8.41. The first kappa shape index (κ1) is 18.8. The highest BCUT2D eigenvalue weighted by molar-refractivity contribution is 7.92. The van der Waals surface area contributed by atoms with Gasteiger partial charge in [0.1, 0.15) is 0 Å². The van der Waals surface area contributed by atoms with Gasteiger partial charge in [-0.05, 0) is 36.6 Å². The van der Waals surface area contributed by atoms with Gasteiger partial charge < -0.3 is 0 Å². The Balaban J connectivity index is 1.78. The Morgan fingerprint density at radius 3 is 2.19 bits per heavy atom. The number of benzene rings is 2. The molecule has 0 saturated carbocycles. The molecule has 0 aliphatic carbocycles. The summed E-state index contributed by atoms with van der Waals surface area (Å²) in [5.41, 5.74) is 0.781. The highest BCUT2D eigenvalue weighted by Crippen LogP contribution is 2.25. The molecule has 1 atom stereocenters. The molecule has 3 rings (SSSR count). The first-order chi connectivity index (χ1) is 12.4. The zero-order chi connectivity index (χ0) is 18.6. The third kappa shape index (κ3) is 4.41. The number of sulfone groups is 1. The van der Waals surface area contributed by atoms with Crippen LogP contribution in [0.15, 0.2) is 71.0 Å². The number of hydrogen-bond acceptors (Lipinski definition) is 4. The Morgan fingerprint density at radius 2 is 1.54 bits per heavy atom. The number of rotatable bonds is 6. The molecule has 1 fully saturated rings. The Labute approximate surface area is 154 Å². The molecule has 138 valence electrons. The minimum atomic E-state index is -3.67. The number of nitrogens with zero attached hydrogens (tertiary/aromatic N) is 1. The van der Waals surface area contributed by atoms with Crippen molar-refractivity contribution >= 4 is 25.9 Å². The molecule has 26 heavy (non-hydrogen) atoms. The highest BCUT2D eigenvalue weighted by atomic mass is 32.2. The van der Waals surface area contributed by atoms with Crippen LogP contribution >= 0.6 is 0 Å². The molecule has 7 heteroatoms. The zero-order valence-corrected chi connectivity index (χ0v) is 15.9. The summed E-state index contributed by atoms with van der Waals surface area (Å²) < 4.78 is 51.9. The second-order valence-electron chi connectivity index (χ2n) is 6.26. The van der Waals surface area contributed by atoms with Crippen LogP contribution in [0.1, 0.15) is 18.4 Å². The molecule has 0 bridgehead atoms. The second kappa shape index (κ2) is 7.73. The predicted molar refractivity (Wildman–Crippen MR) is 103 cm³/mol. The normalized spacial score (nSPS) is 19.2. The van der Waals surface area contributed by atoms with Crippen molar-refractivity contribution in [3.8, 4) is 0 Å². The molecule has 0 unspecified atom stereocenters. The molecule has 0 radical (unpaired) electrons. The SMILES string of the molecule is O=S(=O)(C[C@H]1CCCN1S(=O)(=O)/C=C/c1ccccc1)c1ccccc1. The average Bonchev–Trinajstić information content (AvgIpc) is 3.10. The lowest BCUT2D eigenvalue weighted by atomic mass is 10.2. The molecule has 0 amide bonds. The lowest BCUT2D eigenvalue weighted by molar-refractivity contribution is 0.414. The van der Waals surface area contributed by atoms with Crippen LogP contribution in [0.4, 0.5) is 0 Å². The van der Waals surface area contributed by atoms with Crippen molar-refractivity contribution in [2.45, 2.75) is 23.8 Å². The monoisotopic (exact) mass is 391 g/mol. The highest BCUT2D eigenvalue weighted by Gasteiger charge is 2.36. The summed E-state index contributed by atoms with van der Waals surface area (Å²) in [6, 6.07) is 16.8. The van der Waals surface area contributed by atoms with Gasteiger partial charge in [-0.15, -0.1) is 0 Å². The van der Waals surface area contributed by atoms with E-state index in [-0.39, 0.29) is 10.6 Å². The average molecular weight is 392 g/mol. The molecule has 0 spiro atoms. The van der Waals surface area contributed by atoms with Gasteiger partial charge in [0.25, 0.3) is 0 Å². The molecule has 5 nitrogen and oxygen atoms in total. The van der Waals surface area contributed by atoms with Gasteiger partial charge in [0.05, 0.1) is 10.6 Å². The molecule has 1 saturated heterocycles. The maximum atomic E-state index is 12.7. The molecule has 1 heterocycles. The Bertz CT molecular complexity index is 969. The van der Waals surface area contributed by atoms with Crippen molar-refractivity contribution in [2.24, 2.45) is 0 Å². The zero-order valence-electron chi connectivity index (χ0n) is 14.2. The van der Waals surface area contributed by atoms with E-state index in [1.165, 1.54) is 10.4 Å². The molecule has 2 aromatic rings. The van der Waals surface area contributed by atoms with Gasteiger partial charge in [0.2, 0.25) is 10.0 Å². The van der Waals surface area contributed by atoms with Gasteiger partial charge in [0.15, 0.2) is 9.84 Å². The molecule has 1 aliphatic rings. The van der Waals surface area contributed by atoms with Crippen LogP contribution in [0.25, 0.3) is 6.08 Å². The van der Waals surface area contributed by atoms with Gasteiger partial charge in [-0.2, -0.15) is 4.31 Å². The van der Waals surface area contributed by atoms with Crippen molar-refractivity contribution in [3.63, 3.8) is 0 Å². The summed E-state index contributed by atoms with van der Waals surface area (Å²) >= 11 is 0. The first-order valence-corrected chi connectivity index (χ1v) is 11.6. The van der Waals surface area contributed by atoms with Crippen LogP contribution < -0.4 is 0 Å². The van der Waals surface area contributed by atoms with Gasteiger partial charge in [0, 0.05) is 18.0 Å². The fraction of sp³-hybridized carbons (Fsp3) is 0.263. The third-order valence-electron chi connectivity index (χ3n) is 4.40. The minimum absolute atomic E-state index is 0.199. The van der Waals surface area contributed by atoms with Crippen LogP contribution in [0.2, 0.25) is 0 Å². The molecular weight excluding hydrogens is 370 g/mol. The van der Waals surface area contributed by atoms with Gasteiger partial charge in [-0.3, -0.25) is 0 Å². The standard InChI is InChI=1S/C19H21NO4S2/c21-25(22,19-11-5-2-6-12-19)16-18-10-7-14-20(18)26(23,24)15-13-17-8-3-1-4-9-17/h1-6,8-9,11-13,15,18H,7,10,14,16H2/b15-13+/t18-/m1/s1. The summed E-state index contributed by atoms with van der Waals surface area (Å²) in [5.74, 6) is -0.199. The quantitative estimate of drug-likeness (QED) is 0.759. The number of hydrogen-bond donors (Lipinski definition) is 0. The van der Waals surface area contributed by atoms with Gasteiger partial charge in [-0.25, -0.2) is 16.8 Å². The van der Waals surface area contributed by atoms with Crippen molar-refractivity contribution in [1.82, 2.24) is 4.31 Å². The van der Waals surface area contributed by atoms with Crippen LogP contribution in [-0.4, -0.2) is 39.5 Å². The third-order valence-corrected chi connectivity index (χ3v) is 7.82. The van der Waals surface area contributed by atoms with E-state index in [2.05, 4.69) is 0 Å². The van der Waals surface area contributed by atoms with Crippen LogP contribution in [0.5, 0.6) is 0 Å². The Morgan fingerprint density at radius 1 is 0.923 bits per heavy atom. The summed E-state index contributed by atoms with van der Waals surface area (Å²) in [6.07, 6.45) is 2.74. The lowest BCUT2D eigenvalue weighted by Crippen LogP contribution is -2.38. The lowest BCUT2D eigenvalue weighted by Gasteiger charge is -2.22. The van der Waals surface area contributed by atoms with Gasteiger partial charge >= 0.3 is 0 Å². The fourth-order valence-corrected chi connectivity index (χ4v) is 6.27. The van der Waals surface area contributed by atoms with Crippen molar-refractivity contribution in [3.05, 3.63) is 71.6 Å². The second-order valence-corrected chi connectivity index (χ2v) is 10.1. The summed E-state index contributed by atoms with van der Waals surface area (Å²) in [7, 11) is -7.21. The molecular formula is C19H21NO4S2. The minimum Gasteiger partial charge on any atom is -0.224 e. The van der Waals surface area contributed by atoms with Crippen LogP contribution in [0.3, 0.4) is 0 Å². The molecule has 2 aromatic carbocycles. The smallest absolute Gasteiger partial charge is 0.224 e. The summed E-state index contributed by atoms with van der Waals surface area (Å²) in [6.45, 7) is 0.344.